The van der Waals surface area contributed by atoms with E-state index in [9.17, 15) is 0 Å². The van der Waals surface area contributed by atoms with E-state index in [0.717, 1.165) is 49.1 Å². The number of rotatable bonds is 5. The molecule has 3 rings (SSSR count). The molecule has 2 heterocycles. The molecule has 7 heteroatoms. The minimum Gasteiger partial charge on any atom is -0.497 e. The molecule has 1 fully saturated rings. The van der Waals surface area contributed by atoms with Crippen molar-refractivity contribution < 1.29 is 9.47 Å². The summed E-state index contributed by atoms with van der Waals surface area (Å²) in [7, 11) is 1.66. The molecular formula is C18H22N4O2S. The summed E-state index contributed by atoms with van der Waals surface area (Å²) in [5, 5.41) is 6.91. The fraction of sp³-hybridized carbons (Fsp3) is 0.333. The number of nitrogens with zero attached hydrogens (tertiary/aromatic N) is 2. The maximum Gasteiger partial charge on any atom is 0.171 e. The van der Waals surface area contributed by atoms with Gasteiger partial charge in [0.15, 0.2) is 5.11 Å². The van der Waals surface area contributed by atoms with Crippen LogP contribution in [0, 0.1) is 0 Å². The number of morpholine rings is 1. The van der Waals surface area contributed by atoms with Gasteiger partial charge in [-0.25, -0.2) is 4.98 Å². The number of aromatic nitrogens is 1. The monoisotopic (exact) mass is 358 g/mol. The van der Waals surface area contributed by atoms with Gasteiger partial charge in [-0.05, 0) is 42.0 Å². The van der Waals surface area contributed by atoms with Crippen LogP contribution in [-0.4, -0.2) is 43.5 Å². The van der Waals surface area contributed by atoms with Crippen LogP contribution in [0.3, 0.4) is 0 Å². The molecule has 6 nitrogen and oxygen atoms in total. The Morgan fingerprint density at radius 3 is 2.60 bits per heavy atom. The molecule has 2 aromatic rings. The van der Waals surface area contributed by atoms with Crippen molar-refractivity contribution in [3.05, 3.63) is 48.2 Å². The normalized spacial score (nSPS) is 14.0. The highest BCUT2D eigenvalue weighted by Gasteiger charge is 2.12. The van der Waals surface area contributed by atoms with E-state index in [1.807, 2.05) is 36.4 Å². The molecule has 0 amide bonds. The van der Waals surface area contributed by atoms with Gasteiger partial charge in [-0.3, -0.25) is 0 Å². The molecule has 0 atom stereocenters. The third kappa shape index (κ3) is 5.04. The summed E-state index contributed by atoms with van der Waals surface area (Å²) < 4.78 is 10.5. The van der Waals surface area contributed by atoms with Crippen LogP contribution in [0.15, 0.2) is 42.6 Å². The predicted molar refractivity (Wildman–Crippen MR) is 103 cm³/mol. The number of anilines is 2. The maximum atomic E-state index is 5.36. The lowest BCUT2D eigenvalue weighted by atomic mass is 10.2. The number of thiocarbonyl (C=S) groups is 1. The van der Waals surface area contributed by atoms with Crippen molar-refractivity contribution >= 4 is 28.8 Å². The predicted octanol–water partition coefficient (Wildman–Crippen LogP) is 2.41. The quantitative estimate of drug-likeness (QED) is 0.796. The van der Waals surface area contributed by atoms with Gasteiger partial charge in [0.25, 0.3) is 0 Å². The minimum absolute atomic E-state index is 0.566. The van der Waals surface area contributed by atoms with E-state index in [4.69, 9.17) is 21.7 Å². The fourth-order valence-corrected chi connectivity index (χ4v) is 2.73. The van der Waals surface area contributed by atoms with Crippen molar-refractivity contribution in [2.24, 2.45) is 0 Å². The molecule has 0 saturated carbocycles. The standard InChI is InChI=1S/C18H22N4O2S/c1-23-16-5-2-14(3-6-16)12-20-18(25)21-15-4-7-17(19-13-15)22-8-10-24-11-9-22/h2-7,13H,8-12H2,1H3,(H2,20,21,25). The SMILES string of the molecule is COc1ccc(CNC(=S)Nc2ccc(N3CCOCC3)nc2)cc1. The van der Waals surface area contributed by atoms with Gasteiger partial charge in [0, 0.05) is 19.6 Å². The molecule has 0 radical (unpaired) electrons. The Morgan fingerprint density at radius 2 is 1.96 bits per heavy atom. The van der Waals surface area contributed by atoms with E-state index >= 15 is 0 Å². The molecule has 25 heavy (non-hydrogen) atoms. The van der Waals surface area contributed by atoms with E-state index in [0.29, 0.717) is 11.7 Å². The summed E-state index contributed by atoms with van der Waals surface area (Å²) in [6.07, 6.45) is 1.80. The number of ether oxygens (including phenoxy) is 2. The number of methoxy groups -OCH3 is 1. The highest BCUT2D eigenvalue weighted by molar-refractivity contribution is 7.80. The van der Waals surface area contributed by atoms with Crippen LogP contribution in [0.5, 0.6) is 5.75 Å². The van der Waals surface area contributed by atoms with Crippen molar-refractivity contribution in [1.29, 1.82) is 0 Å². The van der Waals surface area contributed by atoms with E-state index in [2.05, 4.69) is 20.5 Å². The van der Waals surface area contributed by atoms with E-state index in [-0.39, 0.29) is 0 Å². The first-order chi connectivity index (χ1) is 12.2. The molecular weight excluding hydrogens is 336 g/mol. The lowest BCUT2D eigenvalue weighted by Crippen LogP contribution is -2.36. The molecule has 0 spiro atoms. The minimum atomic E-state index is 0.566. The topological polar surface area (TPSA) is 58.7 Å². The molecule has 1 aliphatic heterocycles. The Bertz CT molecular complexity index is 685. The zero-order valence-electron chi connectivity index (χ0n) is 14.2. The maximum absolute atomic E-state index is 5.36. The van der Waals surface area contributed by atoms with Crippen LogP contribution < -0.4 is 20.3 Å². The summed E-state index contributed by atoms with van der Waals surface area (Å²) in [6, 6.07) is 11.9. The Balaban J connectivity index is 1.48. The first-order valence-electron chi connectivity index (χ1n) is 8.21. The van der Waals surface area contributed by atoms with Gasteiger partial charge in [0.05, 0.1) is 32.2 Å². The van der Waals surface area contributed by atoms with Crippen LogP contribution in [0.2, 0.25) is 0 Å². The molecule has 0 bridgehead atoms. The Hall–Kier alpha value is -2.38. The van der Waals surface area contributed by atoms with Crippen LogP contribution in [0.4, 0.5) is 11.5 Å². The van der Waals surface area contributed by atoms with Crippen LogP contribution in [0.25, 0.3) is 0 Å². The summed E-state index contributed by atoms with van der Waals surface area (Å²) >= 11 is 5.34. The van der Waals surface area contributed by atoms with Crippen LogP contribution in [0.1, 0.15) is 5.56 Å². The average Bonchev–Trinajstić information content (AvgIpc) is 2.68. The van der Waals surface area contributed by atoms with Gasteiger partial charge in [-0.15, -0.1) is 0 Å². The van der Waals surface area contributed by atoms with Crippen LogP contribution >= 0.6 is 12.2 Å². The Labute approximate surface area is 153 Å². The average molecular weight is 358 g/mol. The Kier molecular flexibility index (Phi) is 6.03. The number of nitrogens with one attached hydrogen (secondary N) is 2. The molecule has 1 aromatic heterocycles. The lowest BCUT2D eigenvalue weighted by molar-refractivity contribution is 0.122. The molecule has 1 aromatic carbocycles. The second-order valence-electron chi connectivity index (χ2n) is 5.66. The second-order valence-corrected chi connectivity index (χ2v) is 6.07. The summed E-state index contributed by atoms with van der Waals surface area (Å²) in [6.45, 7) is 3.90. The third-order valence-corrected chi connectivity index (χ3v) is 4.20. The lowest BCUT2D eigenvalue weighted by Gasteiger charge is -2.27. The van der Waals surface area contributed by atoms with Gasteiger partial charge in [0.2, 0.25) is 0 Å². The molecule has 0 aliphatic carbocycles. The van der Waals surface area contributed by atoms with Crippen molar-refractivity contribution in [2.45, 2.75) is 6.54 Å². The van der Waals surface area contributed by atoms with Gasteiger partial charge >= 0.3 is 0 Å². The number of benzene rings is 1. The highest BCUT2D eigenvalue weighted by Crippen LogP contribution is 2.15. The van der Waals surface area contributed by atoms with E-state index < -0.39 is 0 Å². The molecule has 1 saturated heterocycles. The summed E-state index contributed by atoms with van der Waals surface area (Å²) in [5.41, 5.74) is 2.00. The largest absolute Gasteiger partial charge is 0.497 e. The zero-order chi connectivity index (χ0) is 17.5. The number of hydrogen-bond acceptors (Lipinski definition) is 5. The van der Waals surface area contributed by atoms with Gasteiger partial charge in [0.1, 0.15) is 11.6 Å². The zero-order valence-corrected chi connectivity index (χ0v) is 15.0. The molecule has 132 valence electrons. The molecule has 0 unspecified atom stereocenters. The fourth-order valence-electron chi connectivity index (χ4n) is 2.54. The van der Waals surface area contributed by atoms with Gasteiger partial charge in [-0.2, -0.15) is 0 Å². The smallest absolute Gasteiger partial charge is 0.171 e. The Morgan fingerprint density at radius 1 is 1.20 bits per heavy atom. The van der Waals surface area contributed by atoms with Crippen molar-refractivity contribution in [3.8, 4) is 5.75 Å². The highest BCUT2D eigenvalue weighted by atomic mass is 32.1. The van der Waals surface area contributed by atoms with Crippen molar-refractivity contribution in [3.63, 3.8) is 0 Å². The third-order valence-electron chi connectivity index (χ3n) is 3.95. The van der Waals surface area contributed by atoms with Gasteiger partial charge < -0.3 is 25.0 Å². The summed E-state index contributed by atoms with van der Waals surface area (Å²) in [4.78, 5) is 6.72. The first-order valence-corrected chi connectivity index (χ1v) is 8.62. The van der Waals surface area contributed by atoms with Gasteiger partial charge in [-0.1, -0.05) is 12.1 Å². The van der Waals surface area contributed by atoms with Crippen molar-refractivity contribution in [1.82, 2.24) is 10.3 Å². The van der Waals surface area contributed by atoms with Crippen molar-refractivity contribution in [2.75, 3.05) is 43.6 Å². The number of pyridine rings is 1. The molecule has 1 aliphatic rings. The molecule has 2 N–H and O–H groups in total. The van der Waals surface area contributed by atoms with E-state index in [1.165, 1.54) is 0 Å². The van der Waals surface area contributed by atoms with E-state index in [1.54, 1.807) is 13.3 Å². The summed E-state index contributed by atoms with van der Waals surface area (Å²) in [5.74, 6) is 1.81. The first kappa shape index (κ1) is 17.4. The van der Waals surface area contributed by atoms with Crippen LogP contribution in [-0.2, 0) is 11.3 Å². The second kappa shape index (κ2) is 8.64. The number of hydrogen-bond donors (Lipinski definition) is 2.